The largest absolute Gasteiger partial charge is 0.309 e. The average molecular weight is 278 g/mol. The van der Waals surface area contributed by atoms with E-state index < -0.39 is 0 Å². The van der Waals surface area contributed by atoms with E-state index in [1.165, 1.54) is 24.8 Å². The number of alkyl halides is 1. The van der Waals surface area contributed by atoms with Crippen LogP contribution in [0.5, 0.6) is 0 Å². The second-order valence-electron chi connectivity index (χ2n) is 5.78. The number of hydrogen-bond donors (Lipinski definition) is 0. The smallest absolute Gasteiger partial charge is 0.160 e. The van der Waals surface area contributed by atoms with Gasteiger partial charge in [-0.05, 0) is 44.7 Å². The van der Waals surface area contributed by atoms with Gasteiger partial charge in [-0.2, -0.15) is 0 Å². The molecule has 2 heterocycles. The van der Waals surface area contributed by atoms with Gasteiger partial charge in [0.15, 0.2) is 5.65 Å². The molecule has 1 saturated carbocycles. The second-order valence-corrected chi connectivity index (χ2v) is 6.44. The molecule has 0 amide bonds. The summed E-state index contributed by atoms with van der Waals surface area (Å²) in [5.74, 6) is 1.84. The molecule has 2 unspecified atom stereocenters. The molecule has 0 saturated heterocycles. The van der Waals surface area contributed by atoms with Crippen molar-refractivity contribution < 1.29 is 0 Å². The third kappa shape index (κ3) is 2.36. The highest BCUT2D eigenvalue weighted by molar-refractivity contribution is 6.20. The zero-order valence-electron chi connectivity index (χ0n) is 11.7. The molecule has 0 aromatic carbocycles. The van der Waals surface area contributed by atoms with Crippen molar-refractivity contribution in [3.05, 3.63) is 23.7 Å². The first kappa shape index (κ1) is 12.9. The number of hydrogen-bond acceptors (Lipinski definition) is 2. The molecule has 0 N–H and O–H groups in total. The number of rotatable bonds is 4. The van der Waals surface area contributed by atoms with Crippen LogP contribution >= 0.6 is 11.6 Å². The predicted molar refractivity (Wildman–Crippen MR) is 78.6 cm³/mol. The van der Waals surface area contributed by atoms with Crippen molar-refractivity contribution in [3.8, 4) is 0 Å². The molecule has 0 radical (unpaired) electrons. The van der Waals surface area contributed by atoms with E-state index >= 15 is 0 Å². The van der Waals surface area contributed by atoms with Crippen molar-refractivity contribution in [2.45, 2.75) is 51.5 Å². The minimum absolute atomic E-state index is 0.0877. The molecule has 19 heavy (non-hydrogen) atoms. The topological polar surface area (TPSA) is 30.7 Å². The van der Waals surface area contributed by atoms with E-state index in [4.69, 9.17) is 16.6 Å². The van der Waals surface area contributed by atoms with Crippen LogP contribution in [0, 0.1) is 12.8 Å². The zero-order valence-corrected chi connectivity index (χ0v) is 12.5. The van der Waals surface area contributed by atoms with E-state index in [-0.39, 0.29) is 5.38 Å². The van der Waals surface area contributed by atoms with Gasteiger partial charge in [-0.15, -0.1) is 11.6 Å². The maximum absolute atomic E-state index is 6.32. The van der Waals surface area contributed by atoms with Gasteiger partial charge in [0.05, 0.1) is 5.38 Å². The predicted octanol–water partition coefficient (Wildman–Crippen LogP) is 4.40. The minimum atomic E-state index is -0.0877. The summed E-state index contributed by atoms with van der Waals surface area (Å²) in [6.07, 6.45) is 5.81. The molecule has 3 nitrogen and oxygen atoms in total. The zero-order chi connectivity index (χ0) is 13.6. The highest BCUT2D eigenvalue weighted by Crippen LogP contribution is 2.39. The van der Waals surface area contributed by atoms with Crippen LogP contribution in [0.2, 0.25) is 0 Å². The average Bonchev–Trinajstić information content (AvgIpc) is 3.06. The Morgan fingerprint density at radius 1 is 1.42 bits per heavy atom. The summed E-state index contributed by atoms with van der Waals surface area (Å²) in [5.41, 5.74) is 3.14. The van der Waals surface area contributed by atoms with Crippen LogP contribution in [0.4, 0.5) is 0 Å². The van der Waals surface area contributed by atoms with Crippen molar-refractivity contribution in [3.63, 3.8) is 0 Å². The Bertz CT molecular complexity index is 599. The molecule has 2 atom stereocenters. The quantitative estimate of drug-likeness (QED) is 0.776. The fraction of sp³-hybridized carbons (Fsp3) is 0.600. The molecule has 2 aromatic rings. The van der Waals surface area contributed by atoms with Crippen LogP contribution in [-0.2, 0) is 0 Å². The van der Waals surface area contributed by atoms with E-state index in [0.717, 1.165) is 22.9 Å². The summed E-state index contributed by atoms with van der Waals surface area (Å²) in [6, 6.07) is 2.43. The maximum atomic E-state index is 6.32. The Kier molecular flexibility index (Phi) is 3.25. The minimum Gasteiger partial charge on any atom is -0.309 e. The van der Waals surface area contributed by atoms with Gasteiger partial charge in [-0.1, -0.05) is 12.8 Å². The molecule has 2 aromatic heterocycles. The van der Waals surface area contributed by atoms with Gasteiger partial charge in [0.25, 0.3) is 0 Å². The number of nitrogens with zero attached hydrogens (tertiary/aromatic N) is 3. The molecule has 1 fully saturated rings. The number of aromatic nitrogens is 3. The highest BCUT2D eigenvalue weighted by Gasteiger charge is 2.27. The third-order valence-electron chi connectivity index (χ3n) is 3.98. The van der Waals surface area contributed by atoms with Crippen LogP contribution in [0.1, 0.15) is 55.9 Å². The number of fused-ring (bicyclic) bond motifs is 1. The molecule has 0 aliphatic heterocycles. The fourth-order valence-electron chi connectivity index (χ4n) is 2.78. The normalized spacial score (nSPS) is 18.7. The lowest BCUT2D eigenvalue weighted by molar-refractivity contribution is 0.469. The van der Waals surface area contributed by atoms with E-state index in [0.29, 0.717) is 6.04 Å². The summed E-state index contributed by atoms with van der Waals surface area (Å²) in [5, 5.41) is -0.0877. The Morgan fingerprint density at radius 3 is 2.79 bits per heavy atom. The van der Waals surface area contributed by atoms with Gasteiger partial charge in [0, 0.05) is 12.2 Å². The standard InChI is InChI=1S/C15H20ClN3/c1-9-6-7-17-15-13(9)18-14(11(3)16)19(15)10(2)8-12-4-5-12/h6-7,10-12H,4-5,8H2,1-3H3. The van der Waals surface area contributed by atoms with Gasteiger partial charge in [-0.25, -0.2) is 9.97 Å². The number of imidazole rings is 1. The van der Waals surface area contributed by atoms with E-state index in [2.05, 4.69) is 23.4 Å². The van der Waals surface area contributed by atoms with Crippen LogP contribution < -0.4 is 0 Å². The lowest BCUT2D eigenvalue weighted by atomic mass is 10.1. The SMILES string of the molecule is Cc1ccnc2c1nc(C(C)Cl)n2C(C)CC1CC1. The van der Waals surface area contributed by atoms with E-state index in [1.54, 1.807) is 0 Å². The molecule has 4 heteroatoms. The summed E-state index contributed by atoms with van der Waals surface area (Å²) < 4.78 is 2.25. The molecule has 102 valence electrons. The van der Waals surface area contributed by atoms with Crippen molar-refractivity contribution in [1.29, 1.82) is 0 Å². The second kappa shape index (κ2) is 4.78. The van der Waals surface area contributed by atoms with Gasteiger partial charge in [0.1, 0.15) is 11.3 Å². The highest BCUT2D eigenvalue weighted by atomic mass is 35.5. The number of pyridine rings is 1. The van der Waals surface area contributed by atoms with E-state index in [9.17, 15) is 0 Å². The third-order valence-corrected chi connectivity index (χ3v) is 4.17. The van der Waals surface area contributed by atoms with Gasteiger partial charge >= 0.3 is 0 Å². The summed E-state index contributed by atoms with van der Waals surface area (Å²) in [6.45, 7) is 6.32. The molecule has 1 aliphatic carbocycles. The summed E-state index contributed by atoms with van der Waals surface area (Å²) >= 11 is 6.32. The van der Waals surface area contributed by atoms with Gasteiger partial charge < -0.3 is 4.57 Å². The molecular formula is C15H20ClN3. The lowest BCUT2D eigenvalue weighted by Gasteiger charge is -2.17. The molecule has 3 rings (SSSR count). The first-order chi connectivity index (χ1) is 9.08. The number of aryl methyl sites for hydroxylation is 1. The lowest BCUT2D eigenvalue weighted by Crippen LogP contribution is -2.11. The summed E-state index contributed by atoms with van der Waals surface area (Å²) in [4.78, 5) is 9.26. The Morgan fingerprint density at radius 2 is 2.16 bits per heavy atom. The molecular weight excluding hydrogens is 258 g/mol. The van der Waals surface area contributed by atoms with Crippen molar-refractivity contribution in [2.75, 3.05) is 0 Å². The van der Waals surface area contributed by atoms with E-state index in [1.807, 2.05) is 19.2 Å². The van der Waals surface area contributed by atoms with Crippen LogP contribution in [-0.4, -0.2) is 14.5 Å². The van der Waals surface area contributed by atoms with Gasteiger partial charge in [-0.3, -0.25) is 0 Å². The Hall–Kier alpha value is -1.09. The monoisotopic (exact) mass is 277 g/mol. The first-order valence-electron chi connectivity index (χ1n) is 7.05. The first-order valence-corrected chi connectivity index (χ1v) is 7.49. The van der Waals surface area contributed by atoms with Crippen molar-refractivity contribution in [1.82, 2.24) is 14.5 Å². The van der Waals surface area contributed by atoms with Gasteiger partial charge in [0.2, 0.25) is 0 Å². The van der Waals surface area contributed by atoms with Crippen molar-refractivity contribution >= 4 is 22.8 Å². The van der Waals surface area contributed by atoms with Crippen LogP contribution in [0.15, 0.2) is 12.3 Å². The van der Waals surface area contributed by atoms with Crippen molar-refractivity contribution in [2.24, 2.45) is 5.92 Å². The summed E-state index contributed by atoms with van der Waals surface area (Å²) in [7, 11) is 0. The molecule has 1 aliphatic rings. The van der Waals surface area contributed by atoms with Crippen LogP contribution in [0.25, 0.3) is 11.2 Å². The molecule has 0 spiro atoms. The van der Waals surface area contributed by atoms with Crippen LogP contribution in [0.3, 0.4) is 0 Å². The maximum Gasteiger partial charge on any atom is 0.160 e. The fourth-order valence-corrected chi connectivity index (χ4v) is 2.94. The Labute approximate surface area is 119 Å². The number of halogens is 1. The Balaban J connectivity index is 2.12. The molecule has 0 bridgehead atoms.